The number of benzene rings is 1. The van der Waals surface area contributed by atoms with Crippen molar-refractivity contribution in [2.24, 2.45) is 10.8 Å². The van der Waals surface area contributed by atoms with E-state index in [0.717, 1.165) is 5.75 Å². The minimum atomic E-state index is 0.0903. The van der Waals surface area contributed by atoms with E-state index in [1.54, 1.807) is 7.11 Å². The highest BCUT2D eigenvalue weighted by molar-refractivity contribution is 5.46. The normalized spacial score (nSPS) is 13.5. The molecule has 0 spiro atoms. The van der Waals surface area contributed by atoms with Crippen molar-refractivity contribution in [3.8, 4) is 5.75 Å². The van der Waals surface area contributed by atoms with Gasteiger partial charge in [0, 0.05) is 0 Å². The van der Waals surface area contributed by atoms with Gasteiger partial charge in [0.25, 0.3) is 0 Å². The molecule has 0 N–H and O–H groups in total. The zero-order chi connectivity index (χ0) is 15.9. The second kappa shape index (κ2) is 5.09. The first kappa shape index (κ1) is 17.1. The lowest BCUT2D eigenvalue weighted by Crippen LogP contribution is -2.45. The van der Waals surface area contributed by atoms with Crippen LogP contribution in [-0.2, 0) is 5.41 Å². The van der Waals surface area contributed by atoms with E-state index < -0.39 is 0 Å². The van der Waals surface area contributed by atoms with Crippen molar-refractivity contribution in [3.05, 3.63) is 28.8 Å². The molecule has 1 heteroatoms. The van der Waals surface area contributed by atoms with E-state index in [1.807, 2.05) is 0 Å². The third-order valence-corrected chi connectivity index (χ3v) is 5.82. The molecule has 0 aliphatic carbocycles. The van der Waals surface area contributed by atoms with Gasteiger partial charge in [-0.3, -0.25) is 0 Å². The Morgan fingerprint density at radius 2 is 1.20 bits per heavy atom. The topological polar surface area (TPSA) is 9.23 Å². The second-order valence-corrected chi connectivity index (χ2v) is 8.14. The van der Waals surface area contributed by atoms with E-state index in [9.17, 15) is 0 Å². The highest BCUT2D eigenvalue weighted by Crippen LogP contribution is 2.52. The molecule has 0 bridgehead atoms. The van der Waals surface area contributed by atoms with Crippen molar-refractivity contribution in [1.29, 1.82) is 0 Å². The van der Waals surface area contributed by atoms with Crippen LogP contribution in [0.25, 0.3) is 0 Å². The van der Waals surface area contributed by atoms with Crippen LogP contribution in [0.5, 0.6) is 5.75 Å². The first-order chi connectivity index (χ1) is 8.86. The molecule has 20 heavy (non-hydrogen) atoms. The summed E-state index contributed by atoms with van der Waals surface area (Å²) in [6, 6.07) is 4.58. The number of hydrogen-bond acceptors (Lipinski definition) is 1. The highest BCUT2D eigenvalue weighted by atomic mass is 16.5. The van der Waals surface area contributed by atoms with Gasteiger partial charge >= 0.3 is 0 Å². The number of methoxy groups -OCH3 is 1. The summed E-state index contributed by atoms with van der Waals surface area (Å²) >= 11 is 0. The fourth-order valence-corrected chi connectivity index (χ4v) is 2.93. The van der Waals surface area contributed by atoms with Gasteiger partial charge in [-0.05, 0) is 46.8 Å². The van der Waals surface area contributed by atoms with Gasteiger partial charge in [-0.25, -0.2) is 0 Å². The summed E-state index contributed by atoms with van der Waals surface area (Å²) in [5.74, 6) is 1.01. The van der Waals surface area contributed by atoms with Gasteiger partial charge in [0.05, 0.1) is 7.11 Å². The molecule has 0 amide bonds. The lowest BCUT2D eigenvalue weighted by molar-refractivity contribution is 0.0455. The van der Waals surface area contributed by atoms with Gasteiger partial charge in [0.1, 0.15) is 5.75 Å². The molecule has 0 atom stereocenters. The number of hydrogen-bond donors (Lipinski definition) is 0. The molecule has 0 heterocycles. The quantitative estimate of drug-likeness (QED) is 0.692. The molecule has 0 unspecified atom stereocenters. The third-order valence-electron chi connectivity index (χ3n) is 5.82. The van der Waals surface area contributed by atoms with Crippen molar-refractivity contribution in [3.63, 3.8) is 0 Å². The Balaban J connectivity index is 3.44. The van der Waals surface area contributed by atoms with Gasteiger partial charge in [0.15, 0.2) is 0 Å². The van der Waals surface area contributed by atoms with Gasteiger partial charge in [0.2, 0.25) is 0 Å². The molecule has 0 saturated carbocycles. The van der Waals surface area contributed by atoms with Gasteiger partial charge < -0.3 is 4.74 Å². The predicted octanol–water partition coefficient (Wildman–Crippen LogP) is 5.66. The summed E-state index contributed by atoms with van der Waals surface area (Å²) in [6.07, 6.45) is 0. The fraction of sp³-hybridized carbons (Fsp3) is 0.684. The minimum absolute atomic E-state index is 0.0903. The third kappa shape index (κ3) is 2.60. The van der Waals surface area contributed by atoms with Crippen LogP contribution in [0.3, 0.4) is 0 Å². The second-order valence-electron chi connectivity index (χ2n) is 8.14. The van der Waals surface area contributed by atoms with Crippen LogP contribution in [0.15, 0.2) is 12.1 Å². The smallest absolute Gasteiger partial charge is 0.124 e. The van der Waals surface area contributed by atoms with Gasteiger partial charge in [-0.15, -0.1) is 0 Å². The van der Waals surface area contributed by atoms with Crippen LogP contribution in [-0.4, -0.2) is 7.11 Å². The van der Waals surface area contributed by atoms with Crippen LogP contribution >= 0.6 is 0 Å². The van der Waals surface area contributed by atoms with E-state index in [2.05, 4.69) is 74.4 Å². The summed E-state index contributed by atoms with van der Waals surface area (Å²) in [5.41, 5.74) is 4.34. The van der Waals surface area contributed by atoms with Crippen LogP contribution in [0, 0.1) is 24.7 Å². The zero-order valence-corrected chi connectivity index (χ0v) is 15.1. The van der Waals surface area contributed by atoms with Crippen molar-refractivity contribution >= 4 is 0 Å². The Bertz CT molecular complexity index is 464. The molecule has 0 fully saturated rings. The zero-order valence-electron chi connectivity index (χ0n) is 15.1. The molecule has 114 valence electrons. The highest BCUT2D eigenvalue weighted by Gasteiger charge is 2.46. The number of ether oxygens (including phenoxy) is 1. The Morgan fingerprint density at radius 1 is 0.800 bits per heavy atom. The lowest BCUT2D eigenvalue weighted by atomic mass is 9.53. The first-order valence-electron chi connectivity index (χ1n) is 7.52. The Labute approximate surface area is 125 Å². The Hall–Kier alpha value is -0.980. The van der Waals surface area contributed by atoms with Crippen molar-refractivity contribution < 1.29 is 4.74 Å². The maximum Gasteiger partial charge on any atom is 0.124 e. The largest absolute Gasteiger partial charge is 0.496 e. The molecule has 1 aromatic rings. The SMILES string of the molecule is COc1c(C)cc(C(C)(C)C(C)(C)C(C)(C)C)cc1C. The van der Waals surface area contributed by atoms with Crippen molar-refractivity contribution in [1.82, 2.24) is 0 Å². The van der Waals surface area contributed by atoms with Gasteiger partial charge in [-0.2, -0.15) is 0 Å². The van der Waals surface area contributed by atoms with Crippen LogP contribution < -0.4 is 4.74 Å². The summed E-state index contributed by atoms with van der Waals surface area (Å²) in [4.78, 5) is 0. The van der Waals surface area contributed by atoms with E-state index >= 15 is 0 Å². The molecule has 0 aromatic heterocycles. The molecule has 1 aromatic carbocycles. The average Bonchev–Trinajstić information content (AvgIpc) is 2.26. The molecule has 0 saturated heterocycles. The molecule has 0 aliphatic heterocycles. The van der Waals surface area contributed by atoms with Crippen molar-refractivity contribution in [2.75, 3.05) is 7.11 Å². The molecule has 0 aliphatic rings. The van der Waals surface area contributed by atoms with E-state index in [-0.39, 0.29) is 16.2 Å². The monoisotopic (exact) mass is 276 g/mol. The molecular weight excluding hydrogens is 244 g/mol. The standard InChI is InChI=1S/C19H32O/c1-13-11-15(12-14(2)16(13)20-10)18(6,7)19(8,9)17(3,4)5/h11-12H,1-10H3. The first-order valence-corrected chi connectivity index (χ1v) is 7.52. The Kier molecular flexibility index (Phi) is 4.35. The Morgan fingerprint density at radius 3 is 1.50 bits per heavy atom. The maximum absolute atomic E-state index is 5.50. The van der Waals surface area contributed by atoms with E-state index in [1.165, 1.54) is 16.7 Å². The average molecular weight is 276 g/mol. The van der Waals surface area contributed by atoms with Crippen LogP contribution in [0.1, 0.15) is 65.2 Å². The lowest BCUT2D eigenvalue weighted by Gasteiger charge is -2.51. The van der Waals surface area contributed by atoms with E-state index in [0.29, 0.717) is 0 Å². The number of aryl methyl sites for hydroxylation is 2. The summed E-state index contributed by atoms with van der Waals surface area (Å²) in [7, 11) is 1.75. The van der Waals surface area contributed by atoms with Gasteiger partial charge in [-0.1, -0.05) is 60.6 Å². The molecule has 1 nitrogen and oxygen atoms in total. The van der Waals surface area contributed by atoms with Crippen molar-refractivity contribution in [2.45, 2.75) is 67.7 Å². The summed E-state index contributed by atoms with van der Waals surface area (Å²) in [5, 5.41) is 0. The van der Waals surface area contributed by atoms with Crippen LogP contribution in [0.2, 0.25) is 0 Å². The minimum Gasteiger partial charge on any atom is -0.496 e. The predicted molar refractivity (Wildman–Crippen MR) is 88.7 cm³/mol. The molecular formula is C19H32O. The maximum atomic E-state index is 5.50. The fourth-order valence-electron chi connectivity index (χ4n) is 2.93. The molecule has 0 radical (unpaired) electrons. The summed E-state index contributed by atoms with van der Waals surface area (Å²) < 4.78 is 5.50. The molecule has 1 rings (SSSR count). The number of rotatable bonds is 3. The van der Waals surface area contributed by atoms with E-state index in [4.69, 9.17) is 4.74 Å². The van der Waals surface area contributed by atoms with Crippen LogP contribution in [0.4, 0.5) is 0 Å². The summed E-state index contributed by atoms with van der Waals surface area (Å²) in [6.45, 7) is 20.7.